The third-order valence-electron chi connectivity index (χ3n) is 3.97. The van der Waals surface area contributed by atoms with Crippen molar-refractivity contribution in [2.45, 2.75) is 26.5 Å². The van der Waals surface area contributed by atoms with Gasteiger partial charge in [0.05, 0.1) is 0 Å². The molecule has 0 fully saturated rings. The molecule has 1 aliphatic heterocycles. The summed E-state index contributed by atoms with van der Waals surface area (Å²) in [7, 11) is 0. The van der Waals surface area contributed by atoms with Crippen LogP contribution in [0.25, 0.3) is 0 Å². The maximum absolute atomic E-state index is 5.94. The average Bonchev–Trinajstić information content (AvgIpc) is 2.51. The van der Waals surface area contributed by atoms with Gasteiger partial charge >= 0.3 is 0 Å². The number of benzene rings is 2. The van der Waals surface area contributed by atoms with Gasteiger partial charge in [0, 0.05) is 13.1 Å². The van der Waals surface area contributed by atoms with E-state index in [1.165, 1.54) is 16.7 Å². The summed E-state index contributed by atoms with van der Waals surface area (Å²) in [6.45, 7) is 6.55. The van der Waals surface area contributed by atoms with Crippen molar-refractivity contribution in [2.75, 3.05) is 13.2 Å². The maximum atomic E-state index is 5.94. The summed E-state index contributed by atoms with van der Waals surface area (Å²) in [4.78, 5) is 0. The first-order valence-electron chi connectivity index (χ1n) is 7.38. The highest BCUT2D eigenvalue weighted by molar-refractivity contribution is 5.40. The summed E-state index contributed by atoms with van der Waals surface area (Å²) in [6.07, 6.45) is 0.0602. The number of nitrogens with one attached hydrogen (secondary N) is 1. The molecule has 0 spiro atoms. The van der Waals surface area contributed by atoms with Crippen LogP contribution >= 0.6 is 0 Å². The smallest absolute Gasteiger partial charge is 0.161 e. The lowest BCUT2D eigenvalue weighted by molar-refractivity contribution is 0.0902. The van der Waals surface area contributed by atoms with Crippen molar-refractivity contribution in [1.29, 1.82) is 0 Å². The number of rotatable bonds is 4. The number of ether oxygens (including phenoxy) is 2. The van der Waals surface area contributed by atoms with Gasteiger partial charge in [-0.25, -0.2) is 0 Å². The van der Waals surface area contributed by atoms with Crippen molar-refractivity contribution in [1.82, 2.24) is 5.32 Å². The summed E-state index contributed by atoms with van der Waals surface area (Å²) in [5, 5.41) is 3.47. The van der Waals surface area contributed by atoms with Crippen molar-refractivity contribution >= 4 is 0 Å². The third-order valence-corrected chi connectivity index (χ3v) is 3.97. The molecule has 2 aromatic rings. The summed E-state index contributed by atoms with van der Waals surface area (Å²) >= 11 is 0. The molecule has 3 nitrogen and oxygen atoms in total. The second kappa shape index (κ2) is 6.19. The van der Waals surface area contributed by atoms with Crippen LogP contribution in [0.3, 0.4) is 0 Å². The van der Waals surface area contributed by atoms with Gasteiger partial charge in [-0.15, -0.1) is 0 Å². The van der Waals surface area contributed by atoms with E-state index in [4.69, 9.17) is 9.47 Å². The van der Waals surface area contributed by atoms with E-state index in [9.17, 15) is 0 Å². The minimum atomic E-state index is 0.0602. The van der Waals surface area contributed by atoms with Gasteiger partial charge in [0.25, 0.3) is 0 Å². The monoisotopic (exact) mass is 283 g/mol. The predicted molar refractivity (Wildman–Crippen MR) is 84.0 cm³/mol. The molecule has 0 saturated heterocycles. The molecule has 1 atom stereocenters. The van der Waals surface area contributed by atoms with Crippen LogP contribution in [0.15, 0.2) is 42.5 Å². The fourth-order valence-corrected chi connectivity index (χ4v) is 2.53. The van der Waals surface area contributed by atoms with Crippen molar-refractivity contribution in [2.24, 2.45) is 0 Å². The molecule has 1 N–H and O–H groups in total. The molecule has 3 heteroatoms. The van der Waals surface area contributed by atoms with Crippen molar-refractivity contribution in [3.8, 4) is 11.5 Å². The van der Waals surface area contributed by atoms with E-state index in [1.807, 2.05) is 24.3 Å². The number of hydrogen-bond donors (Lipinski definition) is 1. The van der Waals surface area contributed by atoms with Gasteiger partial charge in [0.1, 0.15) is 12.7 Å². The molecule has 0 saturated carbocycles. The van der Waals surface area contributed by atoms with Crippen LogP contribution in [-0.4, -0.2) is 19.3 Å². The maximum Gasteiger partial charge on any atom is 0.161 e. The molecule has 110 valence electrons. The van der Waals surface area contributed by atoms with E-state index in [1.54, 1.807) is 0 Å². The molecule has 0 bridgehead atoms. The molecule has 21 heavy (non-hydrogen) atoms. The van der Waals surface area contributed by atoms with Crippen LogP contribution in [-0.2, 0) is 6.54 Å². The van der Waals surface area contributed by atoms with Crippen molar-refractivity contribution < 1.29 is 9.47 Å². The Kier molecular flexibility index (Phi) is 4.11. The largest absolute Gasteiger partial charge is 0.486 e. The Morgan fingerprint density at radius 1 is 1.05 bits per heavy atom. The quantitative estimate of drug-likeness (QED) is 0.934. The third kappa shape index (κ3) is 3.19. The first kappa shape index (κ1) is 14.0. The standard InChI is InChI=1S/C18H21NO2/c1-13-6-5-7-15(14(13)2)10-19-11-16-12-20-17-8-3-4-9-18(17)21-16/h3-9,16,19H,10-12H2,1-2H3. The molecule has 1 heterocycles. The highest BCUT2D eigenvalue weighted by Crippen LogP contribution is 2.30. The summed E-state index contributed by atoms with van der Waals surface area (Å²) in [5.74, 6) is 1.67. The molecule has 1 unspecified atom stereocenters. The molecular formula is C18H21NO2. The van der Waals surface area contributed by atoms with E-state index in [0.717, 1.165) is 24.6 Å². The minimum absolute atomic E-state index is 0.0602. The first-order chi connectivity index (χ1) is 10.2. The van der Waals surface area contributed by atoms with Crippen molar-refractivity contribution in [3.63, 3.8) is 0 Å². The van der Waals surface area contributed by atoms with Gasteiger partial charge in [0.2, 0.25) is 0 Å². The fraction of sp³-hybridized carbons (Fsp3) is 0.333. The van der Waals surface area contributed by atoms with Gasteiger partial charge in [0.15, 0.2) is 11.5 Å². The minimum Gasteiger partial charge on any atom is -0.486 e. The number of aryl methyl sites for hydroxylation is 1. The number of para-hydroxylation sites is 2. The zero-order valence-corrected chi connectivity index (χ0v) is 12.6. The summed E-state index contributed by atoms with van der Waals surface area (Å²) < 4.78 is 11.7. The topological polar surface area (TPSA) is 30.5 Å². The average molecular weight is 283 g/mol. The normalized spacial score (nSPS) is 16.8. The van der Waals surface area contributed by atoms with Crippen LogP contribution in [0.1, 0.15) is 16.7 Å². The van der Waals surface area contributed by atoms with Gasteiger partial charge in [-0.1, -0.05) is 30.3 Å². The highest BCUT2D eigenvalue weighted by Gasteiger charge is 2.19. The lowest BCUT2D eigenvalue weighted by Crippen LogP contribution is -2.38. The van der Waals surface area contributed by atoms with E-state index >= 15 is 0 Å². The van der Waals surface area contributed by atoms with Crippen LogP contribution < -0.4 is 14.8 Å². The molecule has 0 radical (unpaired) electrons. The second-order valence-electron chi connectivity index (χ2n) is 5.49. The van der Waals surface area contributed by atoms with Crippen LogP contribution in [0.5, 0.6) is 11.5 Å². The van der Waals surface area contributed by atoms with E-state index < -0.39 is 0 Å². The molecular weight excluding hydrogens is 262 g/mol. The Balaban J connectivity index is 1.54. The van der Waals surface area contributed by atoms with Gasteiger partial charge in [-0.05, 0) is 42.7 Å². The van der Waals surface area contributed by atoms with Gasteiger partial charge in [-0.3, -0.25) is 0 Å². The zero-order valence-electron chi connectivity index (χ0n) is 12.6. The lowest BCUT2D eigenvalue weighted by Gasteiger charge is -2.26. The molecule has 0 aliphatic carbocycles. The van der Waals surface area contributed by atoms with E-state index in [0.29, 0.717) is 6.61 Å². The molecule has 0 amide bonds. The summed E-state index contributed by atoms with van der Waals surface area (Å²) in [6, 6.07) is 14.2. The lowest BCUT2D eigenvalue weighted by atomic mass is 10.0. The first-order valence-corrected chi connectivity index (χ1v) is 7.38. The molecule has 1 aliphatic rings. The van der Waals surface area contributed by atoms with Gasteiger partial charge < -0.3 is 14.8 Å². The summed E-state index contributed by atoms with van der Waals surface area (Å²) in [5.41, 5.74) is 4.03. The number of fused-ring (bicyclic) bond motifs is 1. The predicted octanol–water partition coefficient (Wildman–Crippen LogP) is 3.23. The van der Waals surface area contributed by atoms with Crippen LogP contribution in [0.2, 0.25) is 0 Å². The van der Waals surface area contributed by atoms with E-state index in [-0.39, 0.29) is 6.10 Å². The second-order valence-corrected chi connectivity index (χ2v) is 5.49. The van der Waals surface area contributed by atoms with Crippen LogP contribution in [0, 0.1) is 13.8 Å². The van der Waals surface area contributed by atoms with Gasteiger partial charge in [-0.2, -0.15) is 0 Å². The zero-order chi connectivity index (χ0) is 14.7. The van der Waals surface area contributed by atoms with E-state index in [2.05, 4.69) is 37.4 Å². The Bertz CT molecular complexity index is 624. The molecule has 0 aromatic heterocycles. The Labute approximate surface area is 125 Å². The molecule has 2 aromatic carbocycles. The molecule has 3 rings (SSSR count). The SMILES string of the molecule is Cc1cccc(CNCC2COc3ccccc3O2)c1C. The van der Waals surface area contributed by atoms with Crippen molar-refractivity contribution in [3.05, 3.63) is 59.2 Å². The highest BCUT2D eigenvalue weighted by atomic mass is 16.6. The Morgan fingerprint density at radius 3 is 2.71 bits per heavy atom. The van der Waals surface area contributed by atoms with Crippen LogP contribution in [0.4, 0.5) is 0 Å². The Morgan fingerprint density at radius 2 is 1.86 bits per heavy atom. The number of hydrogen-bond acceptors (Lipinski definition) is 3. The fourth-order valence-electron chi connectivity index (χ4n) is 2.53. The Hall–Kier alpha value is -2.00.